The van der Waals surface area contributed by atoms with Crippen LogP contribution in [0.5, 0.6) is 5.75 Å². The van der Waals surface area contributed by atoms with Gasteiger partial charge in [-0.05, 0) is 87.0 Å². The molecule has 0 aliphatic heterocycles. The first-order chi connectivity index (χ1) is 15.2. The van der Waals surface area contributed by atoms with E-state index >= 15 is 0 Å². The summed E-state index contributed by atoms with van der Waals surface area (Å²) >= 11 is 0. The van der Waals surface area contributed by atoms with Crippen LogP contribution in [-0.4, -0.2) is 51.6 Å². The quantitative estimate of drug-likeness (QED) is 0.456. The fourth-order valence-electron chi connectivity index (χ4n) is 4.66. The van der Waals surface area contributed by atoms with Crippen molar-refractivity contribution in [3.8, 4) is 5.75 Å². The number of aromatic nitrogens is 2. The maximum atomic E-state index is 12.4. The molecule has 1 unspecified atom stereocenters. The zero-order valence-electron chi connectivity index (χ0n) is 18.2. The van der Waals surface area contributed by atoms with Crippen LogP contribution in [0.2, 0.25) is 0 Å². The Morgan fingerprint density at radius 3 is 3.00 bits per heavy atom. The number of phenols is 1. The van der Waals surface area contributed by atoms with Crippen molar-refractivity contribution in [1.29, 1.82) is 0 Å². The summed E-state index contributed by atoms with van der Waals surface area (Å²) in [5.41, 5.74) is 3.72. The third kappa shape index (κ3) is 5.07. The average Bonchev–Trinajstić information content (AvgIpc) is 3.22. The molecule has 31 heavy (non-hydrogen) atoms. The molecule has 0 bridgehead atoms. The molecular formula is C25H32N4O2. The van der Waals surface area contributed by atoms with Gasteiger partial charge in [0, 0.05) is 24.2 Å². The third-order valence-electron chi connectivity index (χ3n) is 6.25. The van der Waals surface area contributed by atoms with Crippen LogP contribution in [-0.2, 0) is 12.8 Å². The van der Waals surface area contributed by atoms with Gasteiger partial charge in [0.15, 0.2) is 0 Å². The predicted octanol–water partition coefficient (Wildman–Crippen LogP) is 4.05. The first-order valence-electron chi connectivity index (χ1n) is 11.4. The van der Waals surface area contributed by atoms with Gasteiger partial charge >= 0.3 is 0 Å². The Hall–Kier alpha value is -2.86. The van der Waals surface area contributed by atoms with Crippen LogP contribution >= 0.6 is 0 Å². The number of aromatic amines is 1. The van der Waals surface area contributed by atoms with Crippen LogP contribution in [0.4, 0.5) is 0 Å². The van der Waals surface area contributed by atoms with E-state index in [4.69, 9.17) is 0 Å². The number of aromatic hydroxyl groups is 1. The number of carbonyl (C=O) groups excluding carboxylic acids is 1. The largest absolute Gasteiger partial charge is 0.508 e. The van der Waals surface area contributed by atoms with Gasteiger partial charge in [0.1, 0.15) is 17.1 Å². The molecule has 1 aliphatic carbocycles. The Balaban J connectivity index is 1.24. The SMILES string of the molecule is CCCN(CCCCNC(=O)c1cc2cccnc2[nH]1)C1CCc2c(O)cccc2C1. The molecule has 0 spiro atoms. The van der Waals surface area contributed by atoms with Gasteiger partial charge in [-0.2, -0.15) is 0 Å². The highest BCUT2D eigenvalue weighted by Crippen LogP contribution is 2.30. The zero-order chi connectivity index (χ0) is 21.6. The van der Waals surface area contributed by atoms with E-state index in [1.807, 2.05) is 24.3 Å². The number of amides is 1. The standard InChI is InChI=1S/C25H32N4O2/c1-2-14-29(20-10-11-21-18(16-20)7-5-9-23(21)30)15-4-3-12-27-25(31)22-17-19-8-6-13-26-24(19)28-22/h5-9,13,17,20,30H,2-4,10-12,14-16H2,1H3,(H,26,28)(H,27,31). The molecule has 1 atom stereocenters. The van der Waals surface area contributed by atoms with Crippen molar-refractivity contribution >= 4 is 16.9 Å². The summed E-state index contributed by atoms with van der Waals surface area (Å²) in [6, 6.07) is 12.1. The highest BCUT2D eigenvalue weighted by molar-refractivity contribution is 5.97. The first-order valence-corrected chi connectivity index (χ1v) is 11.4. The van der Waals surface area contributed by atoms with E-state index < -0.39 is 0 Å². The third-order valence-corrected chi connectivity index (χ3v) is 6.25. The Morgan fingerprint density at radius 2 is 2.16 bits per heavy atom. The summed E-state index contributed by atoms with van der Waals surface area (Å²) in [4.78, 5) is 22.3. The first kappa shape index (κ1) is 21.4. The van der Waals surface area contributed by atoms with Gasteiger partial charge in [-0.3, -0.25) is 4.79 Å². The van der Waals surface area contributed by atoms with E-state index in [1.54, 1.807) is 12.3 Å². The lowest BCUT2D eigenvalue weighted by atomic mass is 9.86. The zero-order valence-corrected chi connectivity index (χ0v) is 18.2. The van der Waals surface area contributed by atoms with Crippen LogP contribution in [0, 0.1) is 0 Å². The Morgan fingerprint density at radius 1 is 1.26 bits per heavy atom. The minimum atomic E-state index is -0.0768. The number of hydrogen-bond donors (Lipinski definition) is 3. The van der Waals surface area contributed by atoms with E-state index in [2.05, 4.69) is 33.2 Å². The Bertz CT molecular complexity index is 996. The molecule has 0 saturated heterocycles. The number of carbonyl (C=O) groups is 1. The fraction of sp³-hybridized carbons (Fsp3) is 0.440. The maximum Gasteiger partial charge on any atom is 0.267 e. The molecular weight excluding hydrogens is 388 g/mol. The number of pyridine rings is 1. The summed E-state index contributed by atoms with van der Waals surface area (Å²) in [5.74, 6) is 0.367. The summed E-state index contributed by atoms with van der Waals surface area (Å²) in [5, 5.41) is 14.1. The minimum absolute atomic E-state index is 0.0768. The van der Waals surface area contributed by atoms with Crippen molar-refractivity contribution < 1.29 is 9.90 Å². The van der Waals surface area contributed by atoms with Crippen molar-refractivity contribution in [3.05, 3.63) is 59.4 Å². The lowest BCUT2D eigenvalue weighted by Crippen LogP contribution is -2.40. The van der Waals surface area contributed by atoms with E-state index in [1.165, 1.54) is 5.56 Å². The lowest BCUT2D eigenvalue weighted by Gasteiger charge is -2.35. The maximum absolute atomic E-state index is 12.4. The number of H-pyrrole nitrogens is 1. The number of benzene rings is 1. The van der Waals surface area contributed by atoms with Crippen LogP contribution in [0.1, 0.15) is 54.2 Å². The van der Waals surface area contributed by atoms with Crippen molar-refractivity contribution in [2.24, 2.45) is 0 Å². The van der Waals surface area contributed by atoms with E-state index in [-0.39, 0.29) is 5.91 Å². The van der Waals surface area contributed by atoms with E-state index in [9.17, 15) is 9.90 Å². The van der Waals surface area contributed by atoms with Gasteiger partial charge in [0.2, 0.25) is 0 Å². The summed E-state index contributed by atoms with van der Waals surface area (Å²) in [6.07, 6.45) is 7.91. The van der Waals surface area contributed by atoms with Crippen molar-refractivity contribution in [2.75, 3.05) is 19.6 Å². The number of hydrogen-bond acceptors (Lipinski definition) is 4. The summed E-state index contributed by atoms with van der Waals surface area (Å²) < 4.78 is 0. The molecule has 3 N–H and O–H groups in total. The lowest BCUT2D eigenvalue weighted by molar-refractivity contribution is 0.0947. The minimum Gasteiger partial charge on any atom is -0.508 e. The monoisotopic (exact) mass is 420 g/mol. The van der Waals surface area contributed by atoms with Crippen molar-refractivity contribution in [1.82, 2.24) is 20.2 Å². The molecule has 1 aromatic carbocycles. The van der Waals surface area contributed by atoms with Gasteiger partial charge in [-0.1, -0.05) is 19.1 Å². The summed E-state index contributed by atoms with van der Waals surface area (Å²) in [7, 11) is 0. The molecule has 4 rings (SSSR count). The highest BCUT2D eigenvalue weighted by atomic mass is 16.3. The second kappa shape index (κ2) is 9.96. The Labute approximate surface area is 183 Å². The summed E-state index contributed by atoms with van der Waals surface area (Å²) in [6.45, 7) is 5.03. The van der Waals surface area contributed by atoms with Gasteiger partial charge in [0.25, 0.3) is 5.91 Å². The average molecular weight is 421 g/mol. The molecule has 3 aromatic rings. The number of rotatable bonds is 9. The van der Waals surface area contributed by atoms with E-state index in [0.29, 0.717) is 24.0 Å². The molecule has 164 valence electrons. The number of nitrogens with one attached hydrogen (secondary N) is 2. The van der Waals surface area contributed by atoms with Crippen LogP contribution in [0.25, 0.3) is 11.0 Å². The molecule has 0 radical (unpaired) electrons. The van der Waals surface area contributed by atoms with Crippen molar-refractivity contribution in [2.45, 2.75) is 51.5 Å². The topological polar surface area (TPSA) is 81.2 Å². The molecule has 1 aliphatic rings. The van der Waals surface area contributed by atoms with Gasteiger partial charge in [-0.15, -0.1) is 0 Å². The molecule has 6 heteroatoms. The molecule has 1 amide bonds. The number of phenolic OH excluding ortho intramolecular Hbond substituents is 1. The van der Waals surface area contributed by atoms with Gasteiger partial charge < -0.3 is 20.3 Å². The molecule has 6 nitrogen and oxygen atoms in total. The van der Waals surface area contributed by atoms with Crippen LogP contribution in [0.3, 0.4) is 0 Å². The highest BCUT2D eigenvalue weighted by Gasteiger charge is 2.25. The molecule has 0 saturated carbocycles. The number of fused-ring (bicyclic) bond motifs is 2. The predicted molar refractivity (Wildman–Crippen MR) is 123 cm³/mol. The molecule has 2 aromatic heterocycles. The van der Waals surface area contributed by atoms with Gasteiger partial charge in [0.05, 0.1) is 0 Å². The van der Waals surface area contributed by atoms with Crippen LogP contribution < -0.4 is 5.32 Å². The smallest absolute Gasteiger partial charge is 0.267 e. The van der Waals surface area contributed by atoms with Gasteiger partial charge in [-0.25, -0.2) is 4.98 Å². The van der Waals surface area contributed by atoms with Crippen LogP contribution in [0.15, 0.2) is 42.6 Å². The number of nitrogens with zero attached hydrogens (tertiary/aromatic N) is 2. The number of unbranched alkanes of at least 4 members (excludes halogenated alkanes) is 1. The molecule has 0 fully saturated rings. The second-order valence-electron chi connectivity index (χ2n) is 8.43. The normalized spacial score (nSPS) is 15.9. The fourth-order valence-corrected chi connectivity index (χ4v) is 4.66. The van der Waals surface area contributed by atoms with E-state index in [0.717, 1.165) is 68.2 Å². The second-order valence-corrected chi connectivity index (χ2v) is 8.43. The molecule has 2 heterocycles. The Kier molecular flexibility index (Phi) is 6.87. The van der Waals surface area contributed by atoms with Crippen molar-refractivity contribution in [3.63, 3.8) is 0 Å².